The molecule has 1 saturated carbocycles. The van der Waals surface area contributed by atoms with Gasteiger partial charge in [0.1, 0.15) is 28.5 Å². The highest BCUT2D eigenvalue weighted by molar-refractivity contribution is 7.98. The predicted octanol–water partition coefficient (Wildman–Crippen LogP) is 5.48. The third-order valence-electron chi connectivity index (χ3n) is 6.62. The standard InChI is InChI=1S/C24H27F2N5S2/c1-33-21-8-7-15(25)11-18(21)19-12-16(26)14-30(19)23-10-9-22-27-13-20(31(22)29-23)24(32)28-17-5-3-2-4-6-17/h7-11,13,16-17,19H,2-6,12,14H2,1H3,(H,28,32)/t16-,19+/m0/s1. The minimum atomic E-state index is -1.01. The van der Waals surface area contributed by atoms with Gasteiger partial charge in [0.15, 0.2) is 5.65 Å². The SMILES string of the molecule is CSc1ccc(F)cc1[C@H]1C[C@H](F)CN1c1ccc2ncc(C(=S)NC3CCCCC3)n2n1. The number of benzene rings is 1. The number of anilines is 1. The molecule has 9 heteroatoms. The van der Waals surface area contributed by atoms with E-state index in [1.165, 1.54) is 43.2 Å². The molecule has 0 bridgehead atoms. The summed E-state index contributed by atoms with van der Waals surface area (Å²) in [6, 6.07) is 8.55. The number of nitrogens with zero attached hydrogens (tertiary/aromatic N) is 4. The van der Waals surface area contributed by atoms with Crippen LogP contribution in [-0.4, -0.2) is 44.6 Å². The number of thioether (sulfide) groups is 1. The normalized spacial score (nSPS) is 21.6. The zero-order valence-corrected chi connectivity index (χ0v) is 20.1. The maximum atomic E-state index is 14.6. The van der Waals surface area contributed by atoms with Crippen LogP contribution in [0.15, 0.2) is 41.4 Å². The molecule has 5 nitrogen and oxygen atoms in total. The number of hydrogen-bond donors (Lipinski definition) is 1. The summed E-state index contributed by atoms with van der Waals surface area (Å²) in [6.07, 6.45) is 8.93. The fourth-order valence-corrected chi connectivity index (χ4v) is 5.92. The van der Waals surface area contributed by atoms with Gasteiger partial charge in [-0.3, -0.25) is 0 Å². The van der Waals surface area contributed by atoms with Crippen molar-refractivity contribution in [2.45, 2.75) is 61.7 Å². The minimum Gasteiger partial charge on any atom is -0.372 e. The third kappa shape index (κ3) is 4.57. The maximum absolute atomic E-state index is 14.6. The van der Waals surface area contributed by atoms with Crippen molar-refractivity contribution in [1.29, 1.82) is 0 Å². The lowest BCUT2D eigenvalue weighted by atomic mass is 9.95. The highest BCUT2D eigenvalue weighted by atomic mass is 32.2. The van der Waals surface area contributed by atoms with Crippen molar-refractivity contribution in [1.82, 2.24) is 19.9 Å². The van der Waals surface area contributed by atoms with Crippen LogP contribution in [-0.2, 0) is 0 Å². The monoisotopic (exact) mass is 487 g/mol. The molecule has 2 aromatic heterocycles. The Morgan fingerprint density at radius 2 is 2.00 bits per heavy atom. The van der Waals surface area contributed by atoms with Crippen molar-refractivity contribution in [3.63, 3.8) is 0 Å². The molecule has 174 valence electrons. The number of alkyl halides is 1. The van der Waals surface area contributed by atoms with E-state index in [9.17, 15) is 8.78 Å². The van der Waals surface area contributed by atoms with Crippen LogP contribution in [0.1, 0.15) is 55.8 Å². The van der Waals surface area contributed by atoms with Crippen LogP contribution < -0.4 is 10.2 Å². The van der Waals surface area contributed by atoms with Gasteiger partial charge < -0.3 is 10.2 Å². The van der Waals surface area contributed by atoms with E-state index in [0.29, 0.717) is 28.9 Å². The molecule has 2 atom stereocenters. The highest BCUT2D eigenvalue weighted by Gasteiger charge is 2.36. The van der Waals surface area contributed by atoms with E-state index in [0.717, 1.165) is 29.0 Å². The number of imidazole rings is 1. The number of aromatic nitrogens is 3. The maximum Gasteiger partial charge on any atom is 0.154 e. The Morgan fingerprint density at radius 1 is 1.18 bits per heavy atom. The van der Waals surface area contributed by atoms with Crippen LogP contribution in [0.4, 0.5) is 14.6 Å². The van der Waals surface area contributed by atoms with Crippen LogP contribution in [0.3, 0.4) is 0 Å². The van der Waals surface area contributed by atoms with E-state index in [1.807, 2.05) is 23.3 Å². The van der Waals surface area contributed by atoms with Crippen molar-refractivity contribution in [3.05, 3.63) is 53.6 Å². The van der Waals surface area contributed by atoms with Gasteiger partial charge in [-0.15, -0.1) is 16.9 Å². The van der Waals surface area contributed by atoms with Crippen LogP contribution in [0, 0.1) is 5.82 Å². The average molecular weight is 488 g/mol. The molecule has 0 amide bonds. The molecule has 1 N–H and O–H groups in total. The first-order valence-electron chi connectivity index (χ1n) is 11.4. The van der Waals surface area contributed by atoms with Crippen molar-refractivity contribution >= 4 is 40.4 Å². The molecule has 1 aliphatic heterocycles. The molecular weight excluding hydrogens is 460 g/mol. The first kappa shape index (κ1) is 22.5. The molecule has 3 aromatic rings. The molecule has 1 saturated heterocycles. The van der Waals surface area contributed by atoms with Crippen LogP contribution >= 0.6 is 24.0 Å². The average Bonchev–Trinajstić information content (AvgIpc) is 3.42. The Kier molecular flexibility index (Phi) is 6.51. The zero-order chi connectivity index (χ0) is 22.9. The summed E-state index contributed by atoms with van der Waals surface area (Å²) in [5.74, 6) is 0.313. The second-order valence-corrected chi connectivity index (χ2v) is 10.1. The number of halogens is 2. The predicted molar refractivity (Wildman–Crippen MR) is 132 cm³/mol. The lowest BCUT2D eigenvalue weighted by Gasteiger charge is -2.27. The van der Waals surface area contributed by atoms with E-state index >= 15 is 0 Å². The minimum absolute atomic E-state index is 0.211. The summed E-state index contributed by atoms with van der Waals surface area (Å²) in [5, 5.41) is 8.28. The first-order chi connectivity index (χ1) is 16.0. The third-order valence-corrected chi connectivity index (χ3v) is 7.75. The van der Waals surface area contributed by atoms with Gasteiger partial charge in [-0.05, 0) is 55.0 Å². The van der Waals surface area contributed by atoms with Gasteiger partial charge in [-0.1, -0.05) is 31.5 Å². The smallest absolute Gasteiger partial charge is 0.154 e. The fraction of sp³-hybridized carbons (Fsp3) is 0.458. The first-order valence-corrected chi connectivity index (χ1v) is 13.1. The van der Waals surface area contributed by atoms with E-state index < -0.39 is 6.17 Å². The Labute approximate surface area is 202 Å². The van der Waals surface area contributed by atoms with Crippen LogP contribution in [0.5, 0.6) is 0 Å². The van der Waals surface area contributed by atoms with E-state index in [1.54, 1.807) is 16.8 Å². The van der Waals surface area contributed by atoms with E-state index in [4.69, 9.17) is 17.3 Å². The number of rotatable bonds is 5. The summed E-state index contributed by atoms with van der Waals surface area (Å²) >= 11 is 7.24. The van der Waals surface area contributed by atoms with Crippen LogP contribution in [0.2, 0.25) is 0 Å². The molecule has 1 aliphatic carbocycles. The topological polar surface area (TPSA) is 45.5 Å². The van der Waals surface area contributed by atoms with Crippen LogP contribution in [0.25, 0.3) is 5.65 Å². The quantitative estimate of drug-likeness (QED) is 0.380. The molecular formula is C24H27F2N5S2. The lowest BCUT2D eigenvalue weighted by molar-refractivity contribution is 0.356. The summed E-state index contributed by atoms with van der Waals surface area (Å²) in [7, 11) is 0. The Bertz CT molecular complexity index is 1160. The molecule has 5 rings (SSSR count). The molecule has 2 aliphatic rings. The molecule has 33 heavy (non-hydrogen) atoms. The number of nitrogens with one attached hydrogen (secondary N) is 1. The Balaban J connectivity index is 1.47. The molecule has 3 heterocycles. The van der Waals surface area contributed by atoms with E-state index in [2.05, 4.69) is 10.3 Å². The van der Waals surface area contributed by atoms with Gasteiger partial charge in [-0.2, -0.15) is 0 Å². The molecule has 0 spiro atoms. The molecule has 0 radical (unpaired) electrons. The van der Waals surface area contributed by atoms with Crippen molar-refractivity contribution < 1.29 is 8.78 Å². The number of fused-ring (bicyclic) bond motifs is 1. The summed E-state index contributed by atoms with van der Waals surface area (Å²) < 4.78 is 30.5. The van der Waals surface area contributed by atoms with Gasteiger partial charge >= 0.3 is 0 Å². The molecule has 2 fully saturated rings. The van der Waals surface area contributed by atoms with E-state index in [-0.39, 0.29) is 18.4 Å². The molecule has 0 unspecified atom stereocenters. The largest absolute Gasteiger partial charge is 0.372 e. The van der Waals surface area contributed by atoms with Gasteiger partial charge in [0.05, 0.1) is 18.8 Å². The van der Waals surface area contributed by atoms with Gasteiger partial charge in [0.2, 0.25) is 0 Å². The summed E-state index contributed by atoms with van der Waals surface area (Å²) in [5.41, 5.74) is 2.21. The summed E-state index contributed by atoms with van der Waals surface area (Å²) in [4.78, 5) is 7.97. The Morgan fingerprint density at radius 3 is 2.79 bits per heavy atom. The number of hydrogen-bond acceptors (Lipinski definition) is 5. The van der Waals surface area contributed by atoms with Gasteiger partial charge in [0, 0.05) is 17.4 Å². The second kappa shape index (κ2) is 9.54. The van der Waals surface area contributed by atoms with Gasteiger partial charge in [0.25, 0.3) is 0 Å². The van der Waals surface area contributed by atoms with Crippen molar-refractivity contribution in [2.24, 2.45) is 0 Å². The fourth-order valence-electron chi connectivity index (χ4n) is 4.98. The summed E-state index contributed by atoms with van der Waals surface area (Å²) in [6.45, 7) is 0.211. The highest BCUT2D eigenvalue weighted by Crippen LogP contribution is 2.40. The number of thiocarbonyl (C=S) groups is 1. The molecule has 1 aromatic carbocycles. The van der Waals surface area contributed by atoms with Crippen molar-refractivity contribution in [3.8, 4) is 0 Å². The zero-order valence-electron chi connectivity index (χ0n) is 18.5. The Hall–Kier alpha value is -2.26. The van der Waals surface area contributed by atoms with Crippen molar-refractivity contribution in [2.75, 3.05) is 17.7 Å². The lowest BCUT2D eigenvalue weighted by Crippen LogP contribution is -2.36. The second-order valence-electron chi connectivity index (χ2n) is 8.80. The van der Waals surface area contributed by atoms with Gasteiger partial charge in [-0.25, -0.2) is 18.3 Å².